The lowest BCUT2D eigenvalue weighted by Gasteiger charge is -2.18. The minimum atomic E-state index is -0.726. The number of para-hydroxylation sites is 1. The van der Waals surface area contributed by atoms with Crippen molar-refractivity contribution in [1.82, 2.24) is 4.90 Å². The molecule has 0 saturated carbocycles. The third-order valence-corrected chi connectivity index (χ3v) is 4.07. The van der Waals surface area contributed by atoms with Gasteiger partial charge in [-0.15, -0.1) is 0 Å². The molecule has 0 spiro atoms. The normalized spacial score (nSPS) is 10.4. The van der Waals surface area contributed by atoms with Crippen molar-refractivity contribution in [2.45, 2.75) is 13.5 Å². The Hall–Kier alpha value is -2.11. The smallest absolute Gasteiger partial charge is 0.257 e. The summed E-state index contributed by atoms with van der Waals surface area (Å²) in [5, 5.41) is 2.59. The van der Waals surface area contributed by atoms with Crippen LogP contribution < -0.4 is 5.32 Å². The van der Waals surface area contributed by atoms with Gasteiger partial charge in [-0.25, -0.2) is 4.39 Å². The summed E-state index contributed by atoms with van der Waals surface area (Å²) >= 11 is 11.6. The molecule has 0 atom stereocenters. The minimum absolute atomic E-state index is 0.0201. The molecule has 2 amide bonds. The third-order valence-electron chi connectivity index (χ3n) is 3.47. The van der Waals surface area contributed by atoms with Gasteiger partial charge in [0.2, 0.25) is 5.91 Å². The molecule has 0 aromatic heterocycles. The molecule has 0 heterocycles. The van der Waals surface area contributed by atoms with E-state index in [1.165, 1.54) is 17.9 Å². The molecular weight excluding hydrogens is 354 g/mol. The third kappa shape index (κ3) is 4.24. The molecule has 7 heteroatoms. The van der Waals surface area contributed by atoms with Crippen molar-refractivity contribution in [2.75, 3.05) is 12.4 Å². The van der Waals surface area contributed by atoms with Crippen LogP contribution >= 0.6 is 23.2 Å². The fraction of sp³-hybridized carbons (Fsp3) is 0.176. The summed E-state index contributed by atoms with van der Waals surface area (Å²) in [6.07, 6.45) is 0. The van der Waals surface area contributed by atoms with Crippen LogP contribution in [0.25, 0.3) is 0 Å². The number of amides is 2. The lowest BCUT2D eigenvalue weighted by molar-refractivity contribution is -0.128. The van der Waals surface area contributed by atoms with Gasteiger partial charge in [0, 0.05) is 26.2 Å². The Morgan fingerprint density at radius 3 is 2.50 bits per heavy atom. The topological polar surface area (TPSA) is 49.4 Å². The number of hydrogen-bond donors (Lipinski definition) is 1. The standard InChI is InChI=1S/C17H15Cl2FN2O2/c1-10(23)22(2)9-11-5-3-4-6-16(11)21-17(24)12-7-15(20)14(19)8-13(12)18/h3-8H,9H2,1-2H3,(H,21,24). The lowest BCUT2D eigenvalue weighted by Crippen LogP contribution is -2.24. The van der Waals surface area contributed by atoms with Crippen molar-refractivity contribution in [2.24, 2.45) is 0 Å². The minimum Gasteiger partial charge on any atom is -0.342 e. The number of halogens is 3. The van der Waals surface area contributed by atoms with Crippen molar-refractivity contribution in [1.29, 1.82) is 0 Å². The van der Waals surface area contributed by atoms with E-state index in [0.717, 1.165) is 11.6 Å². The Balaban J connectivity index is 2.27. The molecule has 126 valence electrons. The monoisotopic (exact) mass is 368 g/mol. The van der Waals surface area contributed by atoms with E-state index >= 15 is 0 Å². The maximum absolute atomic E-state index is 13.6. The van der Waals surface area contributed by atoms with Crippen LogP contribution in [0.15, 0.2) is 36.4 Å². The second-order valence-electron chi connectivity index (χ2n) is 5.23. The SMILES string of the molecule is CC(=O)N(C)Cc1ccccc1NC(=O)c1cc(F)c(Cl)cc1Cl. The van der Waals surface area contributed by atoms with Gasteiger partial charge >= 0.3 is 0 Å². The number of carbonyl (C=O) groups is 2. The van der Waals surface area contributed by atoms with Crippen molar-refractivity contribution in [3.8, 4) is 0 Å². The van der Waals surface area contributed by atoms with Gasteiger partial charge < -0.3 is 10.2 Å². The van der Waals surface area contributed by atoms with Gasteiger partial charge in [-0.05, 0) is 23.8 Å². The molecule has 4 nitrogen and oxygen atoms in total. The van der Waals surface area contributed by atoms with Crippen LogP contribution in [0.1, 0.15) is 22.8 Å². The Morgan fingerprint density at radius 2 is 1.83 bits per heavy atom. The first-order chi connectivity index (χ1) is 11.3. The fourth-order valence-corrected chi connectivity index (χ4v) is 2.50. The van der Waals surface area contributed by atoms with Crippen molar-refractivity contribution in [3.63, 3.8) is 0 Å². The number of carbonyl (C=O) groups excluding carboxylic acids is 2. The van der Waals surface area contributed by atoms with E-state index in [1.807, 2.05) is 0 Å². The zero-order valence-electron chi connectivity index (χ0n) is 13.1. The molecule has 0 aliphatic rings. The molecular formula is C17H15Cl2FN2O2. The van der Waals surface area contributed by atoms with Crippen LogP contribution in [0.2, 0.25) is 10.0 Å². The summed E-state index contributed by atoms with van der Waals surface area (Å²) in [6.45, 7) is 1.78. The molecule has 24 heavy (non-hydrogen) atoms. The molecule has 1 N–H and O–H groups in total. The number of benzene rings is 2. The highest BCUT2D eigenvalue weighted by atomic mass is 35.5. The Bertz CT molecular complexity index is 796. The van der Waals surface area contributed by atoms with Gasteiger partial charge in [0.1, 0.15) is 5.82 Å². The van der Waals surface area contributed by atoms with E-state index in [-0.39, 0.29) is 21.5 Å². The second kappa shape index (κ2) is 7.64. The van der Waals surface area contributed by atoms with E-state index in [2.05, 4.69) is 5.32 Å². The first-order valence-electron chi connectivity index (χ1n) is 7.05. The highest BCUT2D eigenvalue weighted by molar-refractivity contribution is 6.37. The van der Waals surface area contributed by atoms with Gasteiger partial charge in [-0.1, -0.05) is 41.4 Å². The maximum Gasteiger partial charge on any atom is 0.257 e. The highest BCUT2D eigenvalue weighted by Crippen LogP contribution is 2.26. The molecule has 0 aliphatic carbocycles. The van der Waals surface area contributed by atoms with Crippen LogP contribution in [-0.4, -0.2) is 23.8 Å². The van der Waals surface area contributed by atoms with Gasteiger partial charge in [0.05, 0.1) is 15.6 Å². The average Bonchev–Trinajstić information content (AvgIpc) is 2.52. The zero-order chi connectivity index (χ0) is 17.9. The summed E-state index contributed by atoms with van der Waals surface area (Å²) in [5.41, 5.74) is 1.24. The quantitative estimate of drug-likeness (QED) is 0.814. The van der Waals surface area contributed by atoms with E-state index < -0.39 is 11.7 Å². The molecule has 0 bridgehead atoms. The summed E-state index contributed by atoms with van der Waals surface area (Å²) in [7, 11) is 1.66. The van der Waals surface area contributed by atoms with Gasteiger partial charge in [0.25, 0.3) is 5.91 Å². The molecule has 0 aliphatic heterocycles. The van der Waals surface area contributed by atoms with E-state index in [9.17, 15) is 14.0 Å². The summed E-state index contributed by atoms with van der Waals surface area (Å²) in [5.74, 6) is -1.39. The Morgan fingerprint density at radius 1 is 1.17 bits per heavy atom. The van der Waals surface area contributed by atoms with Crippen LogP contribution in [-0.2, 0) is 11.3 Å². The number of anilines is 1. The van der Waals surface area contributed by atoms with Gasteiger partial charge in [-0.2, -0.15) is 0 Å². The van der Waals surface area contributed by atoms with Crippen LogP contribution in [0.4, 0.5) is 10.1 Å². The van der Waals surface area contributed by atoms with E-state index in [1.54, 1.807) is 31.3 Å². The van der Waals surface area contributed by atoms with Gasteiger partial charge in [0.15, 0.2) is 0 Å². The highest BCUT2D eigenvalue weighted by Gasteiger charge is 2.16. The van der Waals surface area contributed by atoms with Crippen LogP contribution in [0.5, 0.6) is 0 Å². The Kier molecular flexibility index (Phi) is 5.80. The first-order valence-corrected chi connectivity index (χ1v) is 7.80. The number of rotatable bonds is 4. The number of hydrogen-bond acceptors (Lipinski definition) is 2. The van der Waals surface area contributed by atoms with Crippen LogP contribution in [0.3, 0.4) is 0 Å². The number of nitrogens with zero attached hydrogens (tertiary/aromatic N) is 1. The van der Waals surface area contributed by atoms with Crippen LogP contribution in [0, 0.1) is 5.82 Å². The zero-order valence-corrected chi connectivity index (χ0v) is 14.6. The average molecular weight is 369 g/mol. The molecule has 2 aromatic rings. The maximum atomic E-state index is 13.6. The Labute approximate surface area is 149 Å². The molecule has 0 saturated heterocycles. The second-order valence-corrected chi connectivity index (χ2v) is 6.05. The molecule has 2 aromatic carbocycles. The van der Waals surface area contributed by atoms with Gasteiger partial charge in [-0.3, -0.25) is 9.59 Å². The van der Waals surface area contributed by atoms with Crippen molar-refractivity contribution < 1.29 is 14.0 Å². The molecule has 0 fully saturated rings. The predicted octanol–water partition coefficient (Wildman–Crippen LogP) is 4.36. The van der Waals surface area contributed by atoms with E-state index in [4.69, 9.17) is 23.2 Å². The summed E-state index contributed by atoms with van der Waals surface area (Å²) in [4.78, 5) is 25.3. The predicted molar refractivity (Wildman–Crippen MR) is 93.0 cm³/mol. The van der Waals surface area contributed by atoms with Crippen molar-refractivity contribution >= 4 is 40.7 Å². The fourth-order valence-electron chi connectivity index (χ4n) is 2.03. The largest absolute Gasteiger partial charge is 0.342 e. The summed E-state index contributed by atoms with van der Waals surface area (Å²) < 4.78 is 13.6. The molecule has 2 rings (SSSR count). The van der Waals surface area contributed by atoms with Crippen molar-refractivity contribution in [3.05, 3.63) is 63.4 Å². The summed E-state index contributed by atoms with van der Waals surface area (Å²) in [6, 6.07) is 9.21. The lowest BCUT2D eigenvalue weighted by atomic mass is 10.1. The molecule has 0 unspecified atom stereocenters. The first kappa shape index (κ1) is 18.2. The van der Waals surface area contributed by atoms with E-state index in [0.29, 0.717) is 12.2 Å². The number of nitrogens with one attached hydrogen (secondary N) is 1. The molecule has 0 radical (unpaired) electrons.